The summed E-state index contributed by atoms with van der Waals surface area (Å²) in [7, 11) is 0. The maximum absolute atomic E-state index is 10.4. The molecule has 6 heteroatoms. The topological polar surface area (TPSA) is 114 Å². The Morgan fingerprint density at radius 2 is 1.67 bits per heavy atom. The standard InChI is InChI=1S/C24H29NO5/c1-2-3-4-15-5-7-16(8-6-15)11-19-12-17(9-10-18(19)13-25)24-23(29)22(28)21(27)20(14-26)30-24/h5-10,12,20-24,26-29H,2-4,11,14H2,1H3/t20-,21?,22?,23?,24+/m1/s1. The minimum atomic E-state index is -1.43. The largest absolute Gasteiger partial charge is 0.394 e. The zero-order valence-electron chi connectivity index (χ0n) is 17.1. The summed E-state index contributed by atoms with van der Waals surface area (Å²) in [5, 5.41) is 49.4. The predicted molar refractivity (Wildman–Crippen MR) is 112 cm³/mol. The fourth-order valence-electron chi connectivity index (χ4n) is 3.85. The Hall–Kier alpha value is -2.27. The fourth-order valence-corrected chi connectivity index (χ4v) is 3.85. The van der Waals surface area contributed by atoms with E-state index in [0.717, 1.165) is 30.4 Å². The minimum absolute atomic E-state index is 0.477. The van der Waals surface area contributed by atoms with E-state index in [0.29, 0.717) is 17.5 Å². The van der Waals surface area contributed by atoms with Gasteiger partial charge in [0, 0.05) is 0 Å². The molecular formula is C24H29NO5. The van der Waals surface area contributed by atoms with Crippen LogP contribution in [-0.4, -0.2) is 51.4 Å². The molecule has 3 unspecified atom stereocenters. The highest BCUT2D eigenvalue weighted by Crippen LogP contribution is 2.33. The summed E-state index contributed by atoms with van der Waals surface area (Å²) in [6.07, 6.45) is -2.17. The molecule has 1 aliphatic heterocycles. The summed E-state index contributed by atoms with van der Waals surface area (Å²) in [4.78, 5) is 0. The van der Waals surface area contributed by atoms with Crippen molar-refractivity contribution in [2.75, 3.05) is 6.61 Å². The average molecular weight is 411 g/mol. The first kappa shape index (κ1) is 22.4. The molecule has 0 aliphatic carbocycles. The van der Waals surface area contributed by atoms with Crippen molar-refractivity contribution in [1.82, 2.24) is 0 Å². The molecule has 4 N–H and O–H groups in total. The van der Waals surface area contributed by atoms with E-state index in [1.165, 1.54) is 5.56 Å². The highest BCUT2D eigenvalue weighted by atomic mass is 16.5. The zero-order chi connectivity index (χ0) is 21.7. The number of nitriles is 1. The summed E-state index contributed by atoms with van der Waals surface area (Å²) >= 11 is 0. The number of rotatable bonds is 7. The highest BCUT2D eigenvalue weighted by molar-refractivity contribution is 5.44. The lowest BCUT2D eigenvalue weighted by Gasteiger charge is -2.40. The van der Waals surface area contributed by atoms with E-state index in [1.807, 2.05) is 0 Å². The molecule has 2 aromatic carbocycles. The number of aliphatic hydroxyl groups is 4. The molecule has 0 bridgehead atoms. The van der Waals surface area contributed by atoms with Gasteiger partial charge in [0.1, 0.15) is 30.5 Å². The molecule has 0 spiro atoms. The lowest BCUT2D eigenvalue weighted by Crippen LogP contribution is -2.55. The van der Waals surface area contributed by atoms with E-state index in [4.69, 9.17) is 4.74 Å². The van der Waals surface area contributed by atoms with Crippen LogP contribution in [0.4, 0.5) is 0 Å². The van der Waals surface area contributed by atoms with Crippen LogP contribution in [0.5, 0.6) is 0 Å². The SMILES string of the molecule is CCCCc1ccc(Cc2cc([C@@H]3O[C@H](CO)C(O)C(O)C3O)ccc2C#N)cc1. The minimum Gasteiger partial charge on any atom is -0.394 e. The molecule has 1 fully saturated rings. The fraction of sp³-hybridized carbons (Fsp3) is 0.458. The third-order valence-corrected chi connectivity index (χ3v) is 5.71. The first-order valence-electron chi connectivity index (χ1n) is 10.4. The van der Waals surface area contributed by atoms with Crippen LogP contribution in [0, 0.1) is 11.3 Å². The van der Waals surface area contributed by atoms with Crippen molar-refractivity contribution in [3.63, 3.8) is 0 Å². The Morgan fingerprint density at radius 1 is 0.967 bits per heavy atom. The van der Waals surface area contributed by atoms with Crippen molar-refractivity contribution in [3.05, 3.63) is 70.3 Å². The summed E-state index contributed by atoms with van der Waals surface area (Å²) in [6, 6.07) is 15.7. The number of aliphatic hydroxyl groups excluding tert-OH is 4. The van der Waals surface area contributed by atoms with Gasteiger partial charge in [-0.1, -0.05) is 49.7 Å². The van der Waals surface area contributed by atoms with Crippen molar-refractivity contribution >= 4 is 0 Å². The van der Waals surface area contributed by atoms with E-state index in [2.05, 4.69) is 37.3 Å². The number of ether oxygens (including phenoxy) is 1. The maximum Gasteiger partial charge on any atom is 0.113 e. The molecule has 5 atom stereocenters. The van der Waals surface area contributed by atoms with Crippen LogP contribution < -0.4 is 0 Å². The van der Waals surface area contributed by atoms with Gasteiger partial charge in [-0.3, -0.25) is 0 Å². The van der Waals surface area contributed by atoms with E-state index < -0.39 is 37.1 Å². The molecule has 3 rings (SSSR count). The highest BCUT2D eigenvalue weighted by Gasteiger charge is 2.44. The average Bonchev–Trinajstić information content (AvgIpc) is 2.77. The van der Waals surface area contributed by atoms with Gasteiger partial charge >= 0.3 is 0 Å². The van der Waals surface area contributed by atoms with Gasteiger partial charge in [-0.25, -0.2) is 0 Å². The van der Waals surface area contributed by atoms with Gasteiger partial charge in [-0.2, -0.15) is 5.26 Å². The summed E-state index contributed by atoms with van der Waals surface area (Å²) in [5.74, 6) is 0. The number of hydrogen-bond donors (Lipinski definition) is 4. The number of benzene rings is 2. The number of aryl methyl sites for hydroxylation is 1. The molecule has 2 aromatic rings. The number of hydrogen-bond acceptors (Lipinski definition) is 6. The van der Waals surface area contributed by atoms with Gasteiger partial charge < -0.3 is 25.2 Å². The monoisotopic (exact) mass is 411 g/mol. The Morgan fingerprint density at radius 3 is 2.30 bits per heavy atom. The second-order valence-corrected chi connectivity index (χ2v) is 7.87. The van der Waals surface area contributed by atoms with Gasteiger partial charge in [0.25, 0.3) is 0 Å². The lowest BCUT2D eigenvalue weighted by molar-refractivity contribution is -0.231. The van der Waals surface area contributed by atoms with Crippen LogP contribution in [-0.2, 0) is 17.6 Å². The number of unbranched alkanes of at least 4 members (excludes halogenated alkanes) is 1. The predicted octanol–water partition coefficient (Wildman–Crippen LogP) is 2.01. The van der Waals surface area contributed by atoms with Gasteiger partial charge in [-0.15, -0.1) is 0 Å². The number of nitrogens with zero attached hydrogens (tertiary/aromatic N) is 1. The first-order chi connectivity index (χ1) is 14.5. The van der Waals surface area contributed by atoms with Crippen LogP contribution in [0.3, 0.4) is 0 Å². The van der Waals surface area contributed by atoms with Gasteiger partial charge in [-0.05, 0) is 47.6 Å². The molecule has 1 saturated heterocycles. The molecular weight excluding hydrogens is 382 g/mol. The van der Waals surface area contributed by atoms with E-state index in [9.17, 15) is 25.7 Å². The van der Waals surface area contributed by atoms with Crippen molar-refractivity contribution in [1.29, 1.82) is 5.26 Å². The maximum atomic E-state index is 10.4. The van der Waals surface area contributed by atoms with Crippen LogP contribution in [0.2, 0.25) is 0 Å². The second-order valence-electron chi connectivity index (χ2n) is 7.87. The normalized spacial score (nSPS) is 26.3. The van der Waals surface area contributed by atoms with Crippen LogP contribution >= 0.6 is 0 Å². The van der Waals surface area contributed by atoms with Gasteiger partial charge in [0.15, 0.2) is 0 Å². The van der Waals surface area contributed by atoms with Gasteiger partial charge in [0.05, 0.1) is 18.2 Å². The van der Waals surface area contributed by atoms with E-state index >= 15 is 0 Å². The summed E-state index contributed by atoms with van der Waals surface area (Å²) < 4.78 is 5.66. The van der Waals surface area contributed by atoms with Crippen LogP contribution in [0.25, 0.3) is 0 Å². The second kappa shape index (κ2) is 10.2. The molecule has 160 valence electrons. The van der Waals surface area contributed by atoms with Crippen LogP contribution in [0.1, 0.15) is 53.7 Å². The van der Waals surface area contributed by atoms with Crippen molar-refractivity contribution in [2.24, 2.45) is 0 Å². The quantitative estimate of drug-likeness (QED) is 0.554. The molecule has 30 heavy (non-hydrogen) atoms. The van der Waals surface area contributed by atoms with Gasteiger partial charge in [0.2, 0.25) is 0 Å². The molecule has 1 aliphatic rings. The zero-order valence-corrected chi connectivity index (χ0v) is 17.1. The Labute approximate surface area is 177 Å². The smallest absolute Gasteiger partial charge is 0.113 e. The summed E-state index contributed by atoms with van der Waals surface area (Å²) in [6.45, 7) is 1.69. The molecule has 0 saturated carbocycles. The third-order valence-electron chi connectivity index (χ3n) is 5.71. The summed E-state index contributed by atoms with van der Waals surface area (Å²) in [5.41, 5.74) is 4.25. The van der Waals surface area contributed by atoms with Crippen molar-refractivity contribution in [3.8, 4) is 6.07 Å². The van der Waals surface area contributed by atoms with E-state index in [1.54, 1.807) is 18.2 Å². The molecule has 1 heterocycles. The Kier molecular flexibility index (Phi) is 7.59. The third kappa shape index (κ3) is 4.89. The molecule has 0 amide bonds. The van der Waals surface area contributed by atoms with Crippen molar-refractivity contribution < 1.29 is 25.2 Å². The van der Waals surface area contributed by atoms with E-state index in [-0.39, 0.29) is 0 Å². The Bertz CT molecular complexity index is 874. The molecule has 0 radical (unpaired) electrons. The Balaban J connectivity index is 1.84. The molecule has 0 aromatic heterocycles. The lowest BCUT2D eigenvalue weighted by atomic mass is 9.89. The van der Waals surface area contributed by atoms with Crippen molar-refractivity contribution in [2.45, 2.75) is 63.1 Å². The molecule has 6 nitrogen and oxygen atoms in total. The van der Waals surface area contributed by atoms with Crippen LogP contribution in [0.15, 0.2) is 42.5 Å². The first-order valence-corrected chi connectivity index (χ1v) is 10.4.